The minimum atomic E-state index is -1.53. The zero-order valence-electron chi connectivity index (χ0n) is 21.9. The second-order valence-corrected chi connectivity index (χ2v) is 9.99. The molecule has 0 unspecified atom stereocenters. The Morgan fingerprint density at radius 2 is 1.87 bits per heavy atom. The standard InChI is InChI=1S/C29H29N3O6/c1-14-25(35)23(16(3)33)27-24(26(14)36)29(4)20(38-27)13-19(34)22(28(29)37)15(2)30-12-8-11-21-31-17-9-6-7-10-18(17)32(21)5/h6-7,9-10,13,30,35-36H,8,11-12H2,1-5H3/b22-15+/t29-/m1/s1. The normalized spacial score (nSPS) is 19.7. The summed E-state index contributed by atoms with van der Waals surface area (Å²) in [7, 11) is 1.98. The van der Waals surface area contributed by atoms with E-state index in [1.54, 1.807) is 13.8 Å². The second-order valence-electron chi connectivity index (χ2n) is 9.99. The Kier molecular flexibility index (Phi) is 5.89. The Hall–Kier alpha value is -4.40. The fraction of sp³-hybridized carbons (Fsp3) is 0.310. The molecule has 3 aromatic rings. The Morgan fingerprint density at radius 1 is 1.16 bits per heavy atom. The van der Waals surface area contributed by atoms with E-state index in [0.717, 1.165) is 23.3 Å². The molecule has 5 rings (SSSR count). The number of hydrogen-bond acceptors (Lipinski definition) is 8. The van der Waals surface area contributed by atoms with Crippen LogP contribution in [0.3, 0.4) is 0 Å². The quantitative estimate of drug-likeness (QED) is 0.196. The van der Waals surface area contributed by atoms with Crippen LogP contribution in [0.1, 0.15) is 54.5 Å². The number of rotatable bonds is 6. The van der Waals surface area contributed by atoms with Crippen LogP contribution in [-0.2, 0) is 28.5 Å². The summed E-state index contributed by atoms with van der Waals surface area (Å²) in [5.41, 5.74) is 0.851. The third-order valence-electron chi connectivity index (χ3n) is 7.61. The molecule has 1 aliphatic heterocycles. The number of ketones is 3. The summed E-state index contributed by atoms with van der Waals surface area (Å²) < 4.78 is 7.86. The van der Waals surface area contributed by atoms with Gasteiger partial charge in [0.25, 0.3) is 0 Å². The topological polar surface area (TPSA) is 131 Å². The largest absolute Gasteiger partial charge is 0.507 e. The summed E-state index contributed by atoms with van der Waals surface area (Å²) in [5, 5.41) is 24.6. The average molecular weight is 516 g/mol. The van der Waals surface area contributed by atoms with Gasteiger partial charge in [-0.05, 0) is 46.2 Å². The van der Waals surface area contributed by atoms with Crippen LogP contribution in [0.25, 0.3) is 11.0 Å². The average Bonchev–Trinajstić information content (AvgIpc) is 3.34. The molecule has 2 aliphatic rings. The summed E-state index contributed by atoms with van der Waals surface area (Å²) in [5.74, 6) is -1.45. The van der Waals surface area contributed by atoms with E-state index < -0.39 is 28.5 Å². The summed E-state index contributed by atoms with van der Waals surface area (Å²) >= 11 is 0. The number of allylic oxidation sites excluding steroid dienone is 4. The van der Waals surface area contributed by atoms with Gasteiger partial charge in [-0.3, -0.25) is 14.4 Å². The van der Waals surface area contributed by atoms with E-state index in [1.165, 1.54) is 19.9 Å². The summed E-state index contributed by atoms with van der Waals surface area (Å²) in [4.78, 5) is 43.9. The molecule has 1 atom stereocenters. The number of hydrogen-bond donors (Lipinski definition) is 3. The molecule has 0 radical (unpaired) electrons. The lowest BCUT2D eigenvalue weighted by molar-refractivity contribution is -0.123. The predicted molar refractivity (Wildman–Crippen MR) is 140 cm³/mol. The van der Waals surface area contributed by atoms with E-state index in [4.69, 9.17) is 4.74 Å². The van der Waals surface area contributed by atoms with Gasteiger partial charge < -0.3 is 24.8 Å². The maximum absolute atomic E-state index is 13.9. The molecule has 2 aromatic carbocycles. The highest BCUT2D eigenvalue weighted by molar-refractivity contribution is 6.31. The number of aryl methyl sites for hydroxylation is 2. The molecule has 0 spiro atoms. The number of para-hydroxylation sites is 2. The van der Waals surface area contributed by atoms with Crippen LogP contribution in [0.4, 0.5) is 0 Å². The van der Waals surface area contributed by atoms with Crippen molar-refractivity contribution in [2.45, 2.75) is 46.0 Å². The second kappa shape index (κ2) is 8.86. The Balaban J connectivity index is 1.42. The van der Waals surface area contributed by atoms with Crippen molar-refractivity contribution >= 4 is 28.4 Å². The van der Waals surface area contributed by atoms with Gasteiger partial charge in [-0.15, -0.1) is 0 Å². The maximum atomic E-state index is 13.9. The van der Waals surface area contributed by atoms with Crippen LogP contribution >= 0.6 is 0 Å². The molecular weight excluding hydrogens is 486 g/mol. The summed E-state index contributed by atoms with van der Waals surface area (Å²) in [6.45, 7) is 6.44. The number of nitrogens with one attached hydrogen (secondary N) is 1. The van der Waals surface area contributed by atoms with Crippen LogP contribution in [-0.4, -0.2) is 43.7 Å². The number of fused-ring (bicyclic) bond motifs is 4. The number of aromatic hydroxyl groups is 2. The fourth-order valence-corrected chi connectivity index (χ4v) is 5.39. The molecule has 0 fully saturated rings. The molecule has 38 heavy (non-hydrogen) atoms. The number of benzene rings is 2. The van der Waals surface area contributed by atoms with Crippen molar-refractivity contribution in [3.8, 4) is 17.2 Å². The van der Waals surface area contributed by atoms with Crippen molar-refractivity contribution in [3.05, 3.63) is 69.9 Å². The molecule has 2 heterocycles. The first-order valence-electron chi connectivity index (χ1n) is 12.4. The van der Waals surface area contributed by atoms with Gasteiger partial charge in [0.05, 0.1) is 22.2 Å². The molecule has 0 saturated carbocycles. The first-order chi connectivity index (χ1) is 18.0. The van der Waals surface area contributed by atoms with E-state index in [2.05, 4.69) is 14.9 Å². The lowest BCUT2D eigenvalue weighted by atomic mass is 9.70. The molecule has 3 N–H and O–H groups in total. The first kappa shape index (κ1) is 25.3. The van der Waals surface area contributed by atoms with Gasteiger partial charge >= 0.3 is 0 Å². The lowest BCUT2D eigenvalue weighted by Crippen LogP contribution is -2.41. The molecule has 1 aliphatic carbocycles. The number of carbonyl (C=O) groups excluding carboxylic acids is 3. The van der Waals surface area contributed by atoms with Crippen molar-refractivity contribution in [3.63, 3.8) is 0 Å². The minimum Gasteiger partial charge on any atom is -0.507 e. The van der Waals surface area contributed by atoms with Crippen molar-refractivity contribution < 1.29 is 29.3 Å². The van der Waals surface area contributed by atoms with Gasteiger partial charge in [0.2, 0.25) is 0 Å². The molecule has 196 valence electrons. The van der Waals surface area contributed by atoms with Gasteiger partial charge in [-0.25, -0.2) is 4.98 Å². The highest BCUT2D eigenvalue weighted by atomic mass is 16.5. The van der Waals surface area contributed by atoms with Crippen molar-refractivity contribution in [1.82, 2.24) is 14.9 Å². The van der Waals surface area contributed by atoms with E-state index in [0.29, 0.717) is 18.7 Å². The van der Waals surface area contributed by atoms with Crippen molar-refractivity contribution in [1.29, 1.82) is 0 Å². The highest BCUT2D eigenvalue weighted by Gasteiger charge is 2.56. The predicted octanol–water partition coefficient (Wildman–Crippen LogP) is 3.68. The Bertz CT molecular complexity index is 1630. The van der Waals surface area contributed by atoms with E-state index >= 15 is 0 Å². The third-order valence-corrected chi connectivity index (χ3v) is 7.61. The first-order valence-corrected chi connectivity index (χ1v) is 12.4. The van der Waals surface area contributed by atoms with Crippen LogP contribution in [0.5, 0.6) is 17.2 Å². The zero-order chi connectivity index (χ0) is 27.5. The number of imidazole rings is 1. The Morgan fingerprint density at radius 3 is 2.55 bits per heavy atom. The summed E-state index contributed by atoms with van der Waals surface area (Å²) in [6, 6.07) is 7.92. The number of aromatic nitrogens is 2. The molecule has 0 amide bonds. The number of ether oxygens (including phenoxy) is 1. The number of Topliss-reactive ketones (excluding diaryl/α,β-unsaturated/α-hetero) is 2. The fourth-order valence-electron chi connectivity index (χ4n) is 5.39. The maximum Gasteiger partial charge on any atom is 0.194 e. The van der Waals surface area contributed by atoms with Crippen molar-refractivity contribution in [2.24, 2.45) is 7.05 Å². The number of carbonyl (C=O) groups is 3. The molecular formula is C29H29N3O6. The van der Waals surface area contributed by atoms with Gasteiger partial charge in [0.1, 0.15) is 39.8 Å². The Labute approximate surface area is 219 Å². The van der Waals surface area contributed by atoms with Gasteiger partial charge in [-0.2, -0.15) is 0 Å². The lowest BCUT2D eigenvalue weighted by Gasteiger charge is -2.29. The zero-order valence-corrected chi connectivity index (χ0v) is 21.9. The molecule has 1 aromatic heterocycles. The molecule has 9 nitrogen and oxygen atoms in total. The molecule has 0 bridgehead atoms. The van der Waals surface area contributed by atoms with Crippen LogP contribution in [0, 0.1) is 6.92 Å². The minimum absolute atomic E-state index is 0.0173. The number of nitrogens with zero attached hydrogens (tertiary/aromatic N) is 2. The summed E-state index contributed by atoms with van der Waals surface area (Å²) in [6.07, 6.45) is 2.64. The van der Waals surface area contributed by atoms with Crippen LogP contribution < -0.4 is 10.1 Å². The van der Waals surface area contributed by atoms with Crippen LogP contribution in [0.15, 0.2) is 47.4 Å². The SMILES string of the molecule is CC(=O)c1c(O)c(C)c(O)c2c1OC1=CC(=O)/C(=C(/C)NCCCc3nc4ccccc4n3C)C(=O)[C@]12C. The van der Waals surface area contributed by atoms with E-state index in [-0.39, 0.29) is 39.5 Å². The smallest absolute Gasteiger partial charge is 0.194 e. The highest BCUT2D eigenvalue weighted by Crippen LogP contribution is 2.57. The molecule has 0 saturated heterocycles. The number of phenolic OH excluding ortho intramolecular Hbond substituents is 2. The van der Waals surface area contributed by atoms with E-state index in [9.17, 15) is 24.6 Å². The number of phenols is 2. The third kappa shape index (κ3) is 3.53. The van der Waals surface area contributed by atoms with Crippen LogP contribution in [0.2, 0.25) is 0 Å². The van der Waals surface area contributed by atoms with Gasteiger partial charge in [-0.1, -0.05) is 12.1 Å². The van der Waals surface area contributed by atoms with Gasteiger partial charge in [0.15, 0.2) is 17.3 Å². The van der Waals surface area contributed by atoms with E-state index in [1.807, 2.05) is 31.3 Å². The molecule has 9 heteroatoms. The monoisotopic (exact) mass is 515 g/mol. The van der Waals surface area contributed by atoms with Crippen molar-refractivity contribution in [2.75, 3.05) is 6.54 Å². The van der Waals surface area contributed by atoms with Gasteiger partial charge in [0, 0.05) is 37.3 Å².